The van der Waals surface area contributed by atoms with Gasteiger partial charge in [-0.25, -0.2) is 0 Å². The number of nitrogens with zero attached hydrogens (tertiary/aromatic N) is 3. The molecule has 0 spiro atoms. The van der Waals surface area contributed by atoms with Crippen LogP contribution in [0.4, 0.5) is 5.69 Å². The number of hydrogen-bond acceptors (Lipinski definition) is 4. The molecule has 5 heteroatoms. The van der Waals surface area contributed by atoms with Gasteiger partial charge in [0.2, 0.25) is 5.91 Å². The molecule has 2 fully saturated rings. The number of carbonyl (C=O) groups is 1. The predicted octanol–water partition coefficient (Wildman–Crippen LogP) is 2.35. The predicted molar refractivity (Wildman–Crippen MR) is 97.2 cm³/mol. The fourth-order valence-electron chi connectivity index (χ4n) is 4.00. The molecule has 2 heterocycles. The van der Waals surface area contributed by atoms with Crippen LogP contribution in [0.2, 0.25) is 0 Å². The van der Waals surface area contributed by atoms with E-state index in [1.54, 1.807) is 0 Å². The lowest BCUT2D eigenvalue weighted by atomic mass is 10.1. The van der Waals surface area contributed by atoms with Gasteiger partial charge in [-0.1, -0.05) is 19.8 Å². The highest BCUT2D eigenvalue weighted by atomic mass is 16.2. The number of carbonyl (C=O) groups excluding carboxylic acids is 1. The summed E-state index contributed by atoms with van der Waals surface area (Å²) in [5, 5.41) is 3.28. The Hall–Kier alpha value is -1.62. The smallest absolute Gasteiger partial charge is 0.237 e. The van der Waals surface area contributed by atoms with Crippen molar-refractivity contribution in [3.05, 3.63) is 24.0 Å². The Bertz CT molecular complexity index is 548. The maximum Gasteiger partial charge on any atom is 0.237 e. The van der Waals surface area contributed by atoms with E-state index in [0.29, 0.717) is 6.04 Å². The molecule has 1 atom stereocenters. The van der Waals surface area contributed by atoms with Crippen molar-refractivity contribution < 1.29 is 4.79 Å². The maximum absolute atomic E-state index is 12.7. The molecule has 1 amide bonds. The minimum absolute atomic E-state index is 0.0203. The average Bonchev–Trinajstić information content (AvgIpc) is 3.09. The molecule has 1 N–H and O–H groups in total. The van der Waals surface area contributed by atoms with Crippen molar-refractivity contribution in [3.63, 3.8) is 0 Å². The summed E-state index contributed by atoms with van der Waals surface area (Å²) in [5.74, 6) is 0.234. The molecule has 2 aliphatic rings. The summed E-state index contributed by atoms with van der Waals surface area (Å²) in [6.07, 6.45) is 7.57. The molecular weight excluding hydrogens is 300 g/mol. The van der Waals surface area contributed by atoms with Gasteiger partial charge in [0, 0.05) is 49.8 Å². The summed E-state index contributed by atoms with van der Waals surface area (Å²) in [7, 11) is 0. The number of anilines is 1. The van der Waals surface area contributed by atoms with E-state index < -0.39 is 0 Å². The molecule has 0 bridgehead atoms. The van der Waals surface area contributed by atoms with E-state index in [9.17, 15) is 4.79 Å². The third-order valence-electron chi connectivity index (χ3n) is 5.39. The molecule has 5 nitrogen and oxygen atoms in total. The van der Waals surface area contributed by atoms with Gasteiger partial charge in [0.15, 0.2) is 0 Å². The molecule has 1 aromatic rings. The third kappa shape index (κ3) is 4.07. The first-order chi connectivity index (χ1) is 11.7. The van der Waals surface area contributed by atoms with Gasteiger partial charge in [0.1, 0.15) is 0 Å². The first-order valence-electron chi connectivity index (χ1n) is 9.39. The number of aryl methyl sites for hydroxylation is 1. The van der Waals surface area contributed by atoms with Crippen LogP contribution < -0.4 is 10.2 Å². The van der Waals surface area contributed by atoms with Gasteiger partial charge in [-0.3, -0.25) is 14.7 Å². The fourth-order valence-corrected chi connectivity index (χ4v) is 4.00. The van der Waals surface area contributed by atoms with E-state index in [0.717, 1.165) is 51.1 Å². The molecule has 132 valence electrons. The van der Waals surface area contributed by atoms with Crippen molar-refractivity contribution in [3.8, 4) is 0 Å². The number of piperazine rings is 1. The first-order valence-corrected chi connectivity index (χ1v) is 9.39. The summed E-state index contributed by atoms with van der Waals surface area (Å²) in [6.45, 7) is 7.97. The van der Waals surface area contributed by atoms with Crippen LogP contribution in [0.25, 0.3) is 0 Å². The molecule has 1 saturated heterocycles. The van der Waals surface area contributed by atoms with Crippen molar-refractivity contribution in [2.24, 2.45) is 0 Å². The van der Waals surface area contributed by atoms with Gasteiger partial charge in [0.05, 0.1) is 6.04 Å². The molecule has 24 heavy (non-hydrogen) atoms. The van der Waals surface area contributed by atoms with Crippen molar-refractivity contribution in [2.45, 2.75) is 58.0 Å². The maximum atomic E-state index is 12.7. The fraction of sp³-hybridized carbons (Fsp3) is 0.684. The Balaban J connectivity index is 1.54. The van der Waals surface area contributed by atoms with Crippen molar-refractivity contribution in [1.29, 1.82) is 0 Å². The van der Waals surface area contributed by atoms with E-state index in [-0.39, 0.29) is 11.9 Å². The van der Waals surface area contributed by atoms with E-state index in [1.165, 1.54) is 18.5 Å². The van der Waals surface area contributed by atoms with Crippen molar-refractivity contribution in [1.82, 2.24) is 15.2 Å². The van der Waals surface area contributed by atoms with Gasteiger partial charge in [0.25, 0.3) is 0 Å². The van der Waals surface area contributed by atoms with Crippen molar-refractivity contribution >= 4 is 11.6 Å². The average molecular weight is 330 g/mol. The Morgan fingerprint density at radius 1 is 1.29 bits per heavy atom. The summed E-state index contributed by atoms with van der Waals surface area (Å²) in [5.41, 5.74) is 2.29. The second-order valence-corrected chi connectivity index (χ2v) is 7.09. The summed E-state index contributed by atoms with van der Waals surface area (Å²) >= 11 is 0. The first kappa shape index (κ1) is 17.2. The highest BCUT2D eigenvalue weighted by molar-refractivity contribution is 5.82. The van der Waals surface area contributed by atoms with Crippen LogP contribution in [0.15, 0.2) is 18.3 Å². The molecule has 1 unspecified atom stereocenters. The van der Waals surface area contributed by atoms with Crippen LogP contribution in [0.3, 0.4) is 0 Å². The monoisotopic (exact) mass is 330 g/mol. The number of aromatic nitrogens is 1. The van der Waals surface area contributed by atoms with Crippen LogP contribution in [0, 0.1) is 6.92 Å². The van der Waals surface area contributed by atoms with E-state index in [2.05, 4.69) is 39.2 Å². The highest BCUT2D eigenvalue weighted by Gasteiger charge is 2.29. The van der Waals surface area contributed by atoms with Gasteiger partial charge >= 0.3 is 0 Å². The number of pyridine rings is 1. The lowest BCUT2D eigenvalue weighted by molar-refractivity contribution is -0.127. The van der Waals surface area contributed by atoms with Crippen molar-refractivity contribution in [2.75, 3.05) is 31.1 Å². The quantitative estimate of drug-likeness (QED) is 0.900. The number of nitrogens with one attached hydrogen (secondary N) is 1. The van der Waals surface area contributed by atoms with E-state index in [1.807, 2.05) is 13.1 Å². The van der Waals surface area contributed by atoms with E-state index in [4.69, 9.17) is 0 Å². The molecule has 1 aliphatic carbocycles. The summed E-state index contributed by atoms with van der Waals surface area (Å²) in [6, 6.07) is 4.64. The highest BCUT2D eigenvalue weighted by Crippen LogP contribution is 2.20. The normalized spacial score (nSPS) is 21.0. The summed E-state index contributed by atoms with van der Waals surface area (Å²) in [4.78, 5) is 21.7. The van der Waals surface area contributed by atoms with Crippen LogP contribution in [-0.2, 0) is 4.79 Å². The molecule has 1 aliphatic heterocycles. The number of amides is 1. The Morgan fingerprint density at radius 3 is 2.62 bits per heavy atom. The topological polar surface area (TPSA) is 48.5 Å². The van der Waals surface area contributed by atoms with Crippen LogP contribution in [0.5, 0.6) is 0 Å². The molecule has 1 saturated carbocycles. The zero-order valence-electron chi connectivity index (χ0n) is 15.0. The third-order valence-corrected chi connectivity index (χ3v) is 5.39. The minimum Gasteiger partial charge on any atom is -0.369 e. The number of hydrogen-bond donors (Lipinski definition) is 1. The van der Waals surface area contributed by atoms with Gasteiger partial charge < -0.3 is 10.2 Å². The zero-order chi connectivity index (χ0) is 16.9. The second-order valence-electron chi connectivity index (χ2n) is 7.09. The Labute approximate surface area is 145 Å². The van der Waals surface area contributed by atoms with E-state index >= 15 is 0 Å². The summed E-state index contributed by atoms with van der Waals surface area (Å²) < 4.78 is 0. The zero-order valence-corrected chi connectivity index (χ0v) is 15.0. The van der Waals surface area contributed by atoms with Crippen LogP contribution in [-0.4, -0.2) is 54.1 Å². The van der Waals surface area contributed by atoms with Gasteiger partial charge in [-0.05, 0) is 38.3 Å². The van der Waals surface area contributed by atoms with Gasteiger partial charge in [-0.2, -0.15) is 0 Å². The van der Waals surface area contributed by atoms with Gasteiger partial charge in [-0.15, -0.1) is 0 Å². The molecule has 3 rings (SSSR count). The molecule has 1 aromatic heterocycles. The molecular formula is C19H30N4O. The minimum atomic E-state index is 0.0203. The Morgan fingerprint density at radius 2 is 2.00 bits per heavy atom. The lowest BCUT2D eigenvalue weighted by Crippen LogP contribution is -2.55. The second kappa shape index (κ2) is 7.97. The van der Waals surface area contributed by atoms with Crippen LogP contribution >= 0.6 is 0 Å². The lowest BCUT2D eigenvalue weighted by Gasteiger charge is -2.39. The number of rotatable bonds is 5. The van der Waals surface area contributed by atoms with Crippen LogP contribution in [0.1, 0.15) is 44.7 Å². The molecule has 0 aromatic carbocycles. The molecule has 0 radical (unpaired) electrons. The SMILES string of the molecule is CCC(C(=O)NC1CCCC1)N1CCN(c2ccnc(C)c2)CC1. The Kier molecular flexibility index (Phi) is 5.72. The largest absolute Gasteiger partial charge is 0.369 e. The standard InChI is InChI=1S/C19H30N4O/c1-3-18(19(24)21-16-6-4-5-7-16)23-12-10-22(11-13-23)17-8-9-20-15(2)14-17/h8-9,14,16,18H,3-7,10-13H2,1-2H3,(H,21,24).